The van der Waals surface area contributed by atoms with Crippen LogP contribution in [0.2, 0.25) is 0 Å². The van der Waals surface area contributed by atoms with Crippen LogP contribution in [0.5, 0.6) is 0 Å². The maximum Gasteiger partial charge on any atom is 0.343 e. The summed E-state index contributed by atoms with van der Waals surface area (Å²) in [6.07, 6.45) is 0. The fourth-order valence-electron chi connectivity index (χ4n) is 2.29. The maximum absolute atomic E-state index is 12.4. The molecule has 24 heavy (non-hydrogen) atoms. The fraction of sp³-hybridized carbons (Fsp3) is 0. The van der Waals surface area contributed by atoms with E-state index in [1.807, 2.05) is 42.5 Å². The highest BCUT2D eigenvalue weighted by Crippen LogP contribution is 2.26. The molecular formula is C21H16O3. The van der Waals surface area contributed by atoms with Gasteiger partial charge in [0.1, 0.15) is 0 Å². The molecule has 3 aromatic rings. The number of rotatable bonds is 4. The van der Waals surface area contributed by atoms with Crippen molar-refractivity contribution < 1.29 is 14.6 Å². The van der Waals surface area contributed by atoms with Crippen molar-refractivity contribution in [1.82, 2.24) is 0 Å². The van der Waals surface area contributed by atoms with Crippen LogP contribution in [0.25, 0.3) is 11.5 Å². The molecule has 118 valence electrons. The van der Waals surface area contributed by atoms with Crippen LogP contribution in [0, 0.1) is 0 Å². The molecule has 0 aliphatic carbocycles. The van der Waals surface area contributed by atoms with Crippen LogP contribution in [0.3, 0.4) is 0 Å². The van der Waals surface area contributed by atoms with Crippen LogP contribution in [0.1, 0.15) is 21.5 Å². The average molecular weight is 316 g/mol. The van der Waals surface area contributed by atoms with E-state index in [-0.39, 0.29) is 11.5 Å². The summed E-state index contributed by atoms with van der Waals surface area (Å²) in [6, 6.07) is 26.8. The molecule has 0 saturated heterocycles. The summed E-state index contributed by atoms with van der Waals surface area (Å²) in [4.78, 5) is 12.4. The Morgan fingerprint density at radius 2 is 1.04 bits per heavy atom. The predicted octanol–water partition coefficient (Wildman–Crippen LogP) is 4.93. The van der Waals surface area contributed by atoms with Crippen LogP contribution >= 0.6 is 0 Å². The Balaban J connectivity index is 2.02. The summed E-state index contributed by atoms with van der Waals surface area (Å²) in [5.41, 5.74) is 1.63. The van der Waals surface area contributed by atoms with E-state index in [2.05, 4.69) is 0 Å². The molecule has 0 aromatic heterocycles. The smallest absolute Gasteiger partial charge is 0.343 e. The molecule has 0 fully saturated rings. The Bertz CT molecular complexity index is 838. The van der Waals surface area contributed by atoms with Crippen molar-refractivity contribution in [2.75, 3.05) is 0 Å². The molecule has 0 unspecified atom stereocenters. The molecule has 0 aliphatic rings. The van der Waals surface area contributed by atoms with Crippen molar-refractivity contribution in [2.24, 2.45) is 0 Å². The number of benzene rings is 3. The topological polar surface area (TPSA) is 46.5 Å². The van der Waals surface area contributed by atoms with Crippen LogP contribution < -0.4 is 0 Å². The molecule has 0 saturated carbocycles. The number of hydrogen-bond donors (Lipinski definition) is 1. The van der Waals surface area contributed by atoms with E-state index in [1.54, 1.807) is 48.5 Å². The first kappa shape index (κ1) is 15.6. The van der Waals surface area contributed by atoms with Crippen LogP contribution in [0.4, 0.5) is 0 Å². The van der Waals surface area contributed by atoms with Crippen molar-refractivity contribution in [3.8, 4) is 0 Å². The van der Waals surface area contributed by atoms with Gasteiger partial charge < -0.3 is 9.84 Å². The zero-order valence-electron chi connectivity index (χ0n) is 12.9. The Hall–Kier alpha value is -3.33. The molecule has 0 heterocycles. The maximum atomic E-state index is 12.4. The number of aliphatic hydroxyl groups excluding tert-OH is 1. The third-order valence-corrected chi connectivity index (χ3v) is 3.50. The molecule has 3 nitrogen and oxygen atoms in total. The van der Waals surface area contributed by atoms with Gasteiger partial charge in [-0.25, -0.2) is 4.79 Å². The van der Waals surface area contributed by atoms with E-state index in [0.717, 1.165) is 0 Å². The number of esters is 1. The zero-order valence-corrected chi connectivity index (χ0v) is 12.9. The highest BCUT2D eigenvalue weighted by atomic mass is 16.5. The van der Waals surface area contributed by atoms with E-state index < -0.39 is 5.97 Å². The predicted molar refractivity (Wildman–Crippen MR) is 94.2 cm³/mol. The van der Waals surface area contributed by atoms with Crippen molar-refractivity contribution in [3.05, 3.63) is 108 Å². The van der Waals surface area contributed by atoms with E-state index >= 15 is 0 Å². The van der Waals surface area contributed by atoms with E-state index in [1.165, 1.54) is 0 Å². The second kappa shape index (κ2) is 7.29. The molecule has 0 spiro atoms. The molecule has 0 aliphatic heterocycles. The number of carbonyl (C=O) groups excluding carboxylic acids is 1. The monoisotopic (exact) mass is 316 g/mol. The lowest BCUT2D eigenvalue weighted by atomic mass is 10.1. The standard InChI is InChI=1S/C21H16O3/c22-19(16-10-4-1-5-11-16)20(17-12-6-2-7-13-17)24-21(23)18-14-8-3-9-15-18/h1-15,22H. The lowest BCUT2D eigenvalue weighted by molar-refractivity contribution is 0.0690. The van der Waals surface area contributed by atoms with Crippen molar-refractivity contribution in [3.63, 3.8) is 0 Å². The van der Waals surface area contributed by atoms with Crippen molar-refractivity contribution in [2.45, 2.75) is 0 Å². The molecule has 3 aromatic carbocycles. The van der Waals surface area contributed by atoms with Crippen LogP contribution in [0.15, 0.2) is 91.0 Å². The van der Waals surface area contributed by atoms with Crippen LogP contribution in [-0.4, -0.2) is 11.1 Å². The minimum atomic E-state index is -0.517. The molecular weight excluding hydrogens is 300 g/mol. The fourth-order valence-corrected chi connectivity index (χ4v) is 2.29. The third-order valence-electron chi connectivity index (χ3n) is 3.50. The van der Waals surface area contributed by atoms with Gasteiger partial charge in [-0.2, -0.15) is 0 Å². The number of hydrogen-bond acceptors (Lipinski definition) is 3. The summed E-state index contributed by atoms with van der Waals surface area (Å²) in [5, 5.41) is 10.6. The summed E-state index contributed by atoms with van der Waals surface area (Å²) in [5.74, 6) is -0.460. The Morgan fingerprint density at radius 1 is 0.625 bits per heavy atom. The number of ether oxygens (including phenoxy) is 1. The van der Waals surface area contributed by atoms with Crippen LogP contribution in [-0.2, 0) is 4.74 Å². The summed E-state index contributed by atoms with van der Waals surface area (Å²) in [7, 11) is 0. The second-order valence-corrected chi connectivity index (χ2v) is 5.17. The number of aliphatic hydroxyl groups is 1. The van der Waals surface area contributed by atoms with Gasteiger partial charge in [-0.3, -0.25) is 0 Å². The van der Waals surface area contributed by atoms with E-state index in [0.29, 0.717) is 16.7 Å². The van der Waals surface area contributed by atoms with Gasteiger partial charge in [-0.1, -0.05) is 78.9 Å². The van der Waals surface area contributed by atoms with Gasteiger partial charge in [-0.05, 0) is 12.1 Å². The molecule has 0 atom stereocenters. The van der Waals surface area contributed by atoms with Crippen molar-refractivity contribution in [1.29, 1.82) is 0 Å². The first-order valence-corrected chi connectivity index (χ1v) is 7.57. The second-order valence-electron chi connectivity index (χ2n) is 5.17. The normalized spacial score (nSPS) is 11.5. The van der Waals surface area contributed by atoms with Crippen molar-refractivity contribution >= 4 is 17.5 Å². The zero-order chi connectivity index (χ0) is 16.8. The largest absolute Gasteiger partial charge is 0.504 e. The van der Waals surface area contributed by atoms with Gasteiger partial charge >= 0.3 is 5.97 Å². The summed E-state index contributed by atoms with van der Waals surface area (Å²) >= 11 is 0. The molecule has 0 amide bonds. The Morgan fingerprint density at radius 3 is 1.54 bits per heavy atom. The lowest BCUT2D eigenvalue weighted by Crippen LogP contribution is -2.06. The molecule has 1 N–H and O–H groups in total. The van der Waals surface area contributed by atoms with Gasteiger partial charge in [0.2, 0.25) is 0 Å². The molecule has 3 rings (SSSR count). The molecule has 0 bridgehead atoms. The minimum absolute atomic E-state index is 0.0777. The van der Waals surface area contributed by atoms with Gasteiger partial charge in [0, 0.05) is 11.1 Å². The lowest BCUT2D eigenvalue weighted by Gasteiger charge is -2.12. The minimum Gasteiger partial charge on any atom is -0.504 e. The summed E-state index contributed by atoms with van der Waals surface area (Å²) < 4.78 is 5.53. The Kier molecular flexibility index (Phi) is 4.73. The summed E-state index contributed by atoms with van der Waals surface area (Å²) in [6.45, 7) is 0. The van der Waals surface area contributed by atoms with E-state index in [9.17, 15) is 9.90 Å². The van der Waals surface area contributed by atoms with Gasteiger partial charge in [-0.15, -0.1) is 0 Å². The number of carbonyl (C=O) groups is 1. The first-order valence-electron chi connectivity index (χ1n) is 7.57. The average Bonchev–Trinajstić information content (AvgIpc) is 2.67. The highest BCUT2D eigenvalue weighted by molar-refractivity contribution is 5.96. The SMILES string of the molecule is O=C(OC(=C(O)c1ccccc1)c1ccccc1)c1ccccc1. The molecule has 0 radical (unpaired) electrons. The molecule has 3 heteroatoms. The first-order chi connectivity index (χ1) is 11.8. The van der Waals surface area contributed by atoms with Gasteiger partial charge in [0.05, 0.1) is 5.56 Å². The van der Waals surface area contributed by atoms with Gasteiger partial charge in [0.15, 0.2) is 11.5 Å². The highest BCUT2D eigenvalue weighted by Gasteiger charge is 2.17. The quantitative estimate of drug-likeness (QED) is 0.422. The van der Waals surface area contributed by atoms with E-state index in [4.69, 9.17) is 4.74 Å². The van der Waals surface area contributed by atoms with Gasteiger partial charge in [0.25, 0.3) is 0 Å². The third kappa shape index (κ3) is 3.52. The Labute approximate surface area is 140 Å².